The van der Waals surface area contributed by atoms with E-state index in [4.69, 9.17) is 26.2 Å². The van der Waals surface area contributed by atoms with Crippen molar-refractivity contribution in [1.82, 2.24) is 4.90 Å². The van der Waals surface area contributed by atoms with E-state index >= 15 is 0 Å². The number of hydrogen-bond acceptors (Lipinski definition) is 4. The molecule has 7 heteroatoms. The predicted octanol–water partition coefficient (Wildman–Crippen LogP) is 3.37. The summed E-state index contributed by atoms with van der Waals surface area (Å²) in [6.07, 6.45) is 4.57. The molecule has 2 aliphatic rings. The number of methoxy groups -OCH3 is 1. The molecule has 2 fully saturated rings. The predicted molar refractivity (Wildman–Crippen MR) is 96.8 cm³/mol. The SMILES string of the molecule is COC1CC(CC(=O)O)N(C(=O)c2cc(Cl)ccc2OC2CCCC2)C1. The lowest BCUT2D eigenvalue weighted by molar-refractivity contribution is -0.137. The van der Waals surface area contributed by atoms with Crippen LogP contribution in [0.25, 0.3) is 0 Å². The van der Waals surface area contributed by atoms with Crippen LogP contribution >= 0.6 is 11.6 Å². The van der Waals surface area contributed by atoms with Gasteiger partial charge >= 0.3 is 5.97 Å². The third kappa shape index (κ3) is 4.30. The number of benzene rings is 1. The van der Waals surface area contributed by atoms with Crippen LogP contribution in [0.5, 0.6) is 5.75 Å². The summed E-state index contributed by atoms with van der Waals surface area (Å²) in [5.41, 5.74) is 0.386. The summed E-state index contributed by atoms with van der Waals surface area (Å²) in [4.78, 5) is 25.9. The van der Waals surface area contributed by atoms with E-state index in [0.29, 0.717) is 29.3 Å². The molecule has 1 aromatic carbocycles. The maximum absolute atomic E-state index is 13.2. The Morgan fingerprint density at radius 1 is 1.27 bits per heavy atom. The van der Waals surface area contributed by atoms with Gasteiger partial charge in [-0.2, -0.15) is 0 Å². The number of nitrogens with zero attached hydrogens (tertiary/aromatic N) is 1. The maximum Gasteiger partial charge on any atom is 0.305 e. The minimum absolute atomic E-state index is 0.106. The van der Waals surface area contributed by atoms with Crippen molar-refractivity contribution in [3.63, 3.8) is 0 Å². The zero-order valence-electron chi connectivity index (χ0n) is 14.8. The summed E-state index contributed by atoms with van der Waals surface area (Å²) >= 11 is 6.12. The van der Waals surface area contributed by atoms with Gasteiger partial charge in [-0.25, -0.2) is 0 Å². The quantitative estimate of drug-likeness (QED) is 0.817. The number of carbonyl (C=O) groups excluding carboxylic acids is 1. The van der Waals surface area contributed by atoms with E-state index in [1.165, 1.54) is 0 Å². The van der Waals surface area contributed by atoms with Gasteiger partial charge in [-0.05, 0) is 50.3 Å². The molecule has 1 heterocycles. The number of amides is 1. The van der Waals surface area contributed by atoms with Crippen molar-refractivity contribution >= 4 is 23.5 Å². The molecule has 0 spiro atoms. The molecule has 1 aliphatic heterocycles. The Morgan fingerprint density at radius 3 is 2.65 bits per heavy atom. The summed E-state index contributed by atoms with van der Waals surface area (Å²) in [5.74, 6) is -0.675. The topological polar surface area (TPSA) is 76.1 Å². The number of halogens is 1. The molecule has 0 aromatic heterocycles. The largest absolute Gasteiger partial charge is 0.490 e. The van der Waals surface area contributed by atoms with Crippen molar-refractivity contribution in [2.45, 2.75) is 56.8 Å². The molecule has 26 heavy (non-hydrogen) atoms. The van der Waals surface area contributed by atoms with Gasteiger partial charge in [0.25, 0.3) is 5.91 Å². The van der Waals surface area contributed by atoms with Crippen LogP contribution in [-0.4, -0.2) is 53.8 Å². The van der Waals surface area contributed by atoms with Crippen molar-refractivity contribution in [1.29, 1.82) is 0 Å². The molecule has 1 saturated heterocycles. The molecule has 2 atom stereocenters. The van der Waals surface area contributed by atoms with Crippen LogP contribution in [-0.2, 0) is 9.53 Å². The Kier molecular flexibility index (Phi) is 6.04. The zero-order chi connectivity index (χ0) is 18.7. The van der Waals surface area contributed by atoms with E-state index in [9.17, 15) is 9.59 Å². The fraction of sp³-hybridized carbons (Fsp3) is 0.579. The van der Waals surface area contributed by atoms with Crippen LogP contribution in [0.4, 0.5) is 0 Å². The third-order valence-corrected chi connectivity index (χ3v) is 5.38. The molecule has 6 nitrogen and oxygen atoms in total. The number of likely N-dealkylation sites (tertiary alicyclic amines) is 1. The first-order valence-corrected chi connectivity index (χ1v) is 9.37. The summed E-state index contributed by atoms with van der Waals surface area (Å²) in [7, 11) is 1.57. The highest BCUT2D eigenvalue weighted by molar-refractivity contribution is 6.31. The van der Waals surface area contributed by atoms with Crippen LogP contribution in [0.2, 0.25) is 5.02 Å². The Bertz CT molecular complexity index is 674. The fourth-order valence-corrected chi connectivity index (χ4v) is 3.97. The number of hydrogen-bond donors (Lipinski definition) is 1. The number of carboxylic acids is 1. The molecular weight excluding hydrogens is 358 g/mol. The van der Waals surface area contributed by atoms with Gasteiger partial charge in [-0.15, -0.1) is 0 Å². The van der Waals surface area contributed by atoms with E-state index in [1.807, 2.05) is 0 Å². The van der Waals surface area contributed by atoms with Crippen LogP contribution in [0, 0.1) is 0 Å². The molecule has 1 saturated carbocycles. The van der Waals surface area contributed by atoms with Gasteiger partial charge in [0, 0.05) is 24.7 Å². The normalized spacial score (nSPS) is 23.4. The summed E-state index contributed by atoms with van der Waals surface area (Å²) in [5, 5.41) is 9.62. The van der Waals surface area contributed by atoms with Crippen LogP contribution in [0.15, 0.2) is 18.2 Å². The van der Waals surface area contributed by atoms with Gasteiger partial charge in [0.15, 0.2) is 0 Å². The molecule has 2 unspecified atom stereocenters. The van der Waals surface area contributed by atoms with E-state index < -0.39 is 12.0 Å². The lowest BCUT2D eigenvalue weighted by Crippen LogP contribution is -2.37. The molecule has 1 aromatic rings. The second-order valence-electron chi connectivity index (χ2n) is 6.97. The molecule has 0 bridgehead atoms. The molecule has 0 radical (unpaired) electrons. The van der Waals surface area contributed by atoms with Crippen molar-refractivity contribution in [3.8, 4) is 5.75 Å². The van der Waals surface area contributed by atoms with Gasteiger partial charge in [-0.3, -0.25) is 9.59 Å². The highest BCUT2D eigenvalue weighted by Gasteiger charge is 2.38. The van der Waals surface area contributed by atoms with Crippen molar-refractivity contribution < 1.29 is 24.2 Å². The first-order valence-electron chi connectivity index (χ1n) is 8.99. The molecule has 3 rings (SSSR count). The average Bonchev–Trinajstić information content (AvgIpc) is 3.25. The zero-order valence-corrected chi connectivity index (χ0v) is 15.6. The van der Waals surface area contributed by atoms with Crippen LogP contribution < -0.4 is 4.74 Å². The molecular formula is C19H24ClNO5. The Balaban J connectivity index is 1.85. The van der Waals surface area contributed by atoms with Crippen LogP contribution in [0.1, 0.15) is 48.9 Å². The summed E-state index contributed by atoms with van der Waals surface area (Å²) in [6.45, 7) is 0.364. The molecule has 1 aliphatic carbocycles. The first kappa shape index (κ1) is 19.0. The summed E-state index contributed by atoms with van der Waals surface area (Å²) in [6, 6.07) is 4.64. The highest BCUT2D eigenvalue weighted by Crippen LogP contribution is 2.32. The number of carbonyl (C=O) groups is 2. The van der Waals surface area contributed by atoms with E-state index in [0.717, 1.165) is 25.7 Å². The number of carboxylic acid groups (broad SMARTS) is 1. The molecule has 1 amide bonds. The highest BCUT2D eigenvalue weighted by atomic mass is 35.5. The smallest absolute Gasteiger partial charge is 0.305 e. The van der Waals surface area contributed by atoms with Gasteiger partial charge < -0.3 is 19.5 Å². The minimum Gasteiger partial charge on any atom is -0.490 e. The lowest BCUT2D eigenvalue weighted by Gasteiger charge is -2.25. The number of rotatable bonds is 6. The van der Waals surface area contributed by atoms with Crippen molar-refractivity contribution in [2.24, 2.45) is 0 Å². The Hall–Kier alpha value is -1.79. The van der Waals surface area contributed by atoms with E-state index in [2.05, 4.69) is 0 Å². The van der Waals surface area contributed by atoms with Gasteiger partial charge in [-0.1, -0.05) is 11.6 Å². The molecule has 1 N–H and O–H groups in total. The average molecular weight is 382 g/mol. The first-order chi connectivity index (χ1) is 12.5. The summed E-state index contributed by atoms with van der Waals surface area (Å²) < 4.78 is 11.4. The third-order valence-electron chi connectivity index (χ3n) is 5.15. The lowest BCUT2D eigenvalue weighted by atomic mass is 10.1. The van der Waals surface area contributed by atoms with E-state index in [-0.39, 0.29) is 24.5 Å². The van der Waals surface area contributed by atoms with Gasteiger partial charge in [0.05, 0.1) is 24.2 Å². The van der Waals surface area contributed by atoms with E-state index in [1.54, 1.807) is 30.2 Å². The van der Waals surface area contributed by atoms with Gasteiger partial charge in [0.2, 0.25) is 0 Å². The van der Waals surface area contributed by atoms with Gasteiger partial charge in [0.1, 0.15) is 5.75 Å². The molecule has 142 valence electrons. The number of ether oxygens (including phenoxy) is 2. The number of aliphatic carboxylic acids is 1. The maximum atomic E-state index is 13.2. The minimum atomic E-state index is -0.932. The van der Waals surface area contributed by atoms with Crippen LogP contribution in [0.3, 0.4) is 0 Å². The second-order valence-corrected chi connectivity index (χ2v) is 7.40. The fourth-order valence-electron chi connectivity index (χ4n) is 3.80. The van der Waals surface area contributed by atoms with Crippen molar-refractivity contribution in [2.75, 3.05) is 13.7 Å². The monoisotopic (exact) mass is 381 g/mol. The standard InChI is InChI=1S/C19H24ClNO5/c1-25-15-9-13(10-18(22)23)21(11-15)19(24)16-8-12(20)6-7-17(16)26-14-4-2-3-5-14/h6-8,13-15H,2-5,9-11H2,1H3,(H,22,23). The Morgan fingerprint density at radius 2 is 2.00 bits per heavy atom. The van der Waals surface area contributed by atoms with Crippen molar-refractivity contribution in [3.05, 3.63) is 28.8 Å². The Labute approximate surface area is 158 Å². The second kappa shape index (κ2) is 8.27.